The Balaban J connectivity index is 1.94. The third-order valence-corrected chi connectivity index (χ3v) is 5.70. The largest absolute Gasteiger partial charge is 0.497 e. The molecule has 2 N–H and O–H groups in total. The van der Waals surface area contributed by atoms with Crippen molar-refractivity contribution < 1.29 is 29.3 Å². The summed E-state index contributed by atoms with van der Waals surface area (Å²) in [6.45, 7) is 0. The molecular formula is C30H24N4O6. The van der Waals surface area contributed by atoms with Crippen LogP contribution in [0.1, 0.15) is 31.8 Å². The zero-order valence-corrected chi connectivity index (χ0v) is 21.6. The van der Waals surface area contributed by atoms with Gasteiger partial charge in [0.15, 0.2) is 0 Å². The van der Waals surface area contributed by atoms with Crippen molar-refractivity contribution in [3.63, 3.8) is 0 Å². The number of carbonyl (C=O) groups is 2. The van der Waals surface area contributed by atoms with E-state index in [0.29, 0.717) is 22.6 Å². The fourth-order valence-corrected chi connectivity index (χ4v) is 3.68. The average Bonchev–Trinajstić information content (AvgIpc) is 2.99. The lowest BCUT2D eigenvalue weighted by molar-refractivity contribution is 0.0686. The third kappa shape index (κ3) is 6.43. The quantitative estimate of drug-likeness (QED) is 0.159. The molecule has 200 valence electrons. The van der Waals surface area contributed by atoms with E-state index in [9.17, 15) is 19.8 Å². The van der Waals surface area contributed by atoms with Crippen LogP contribution < -0.4 is 9.47 Å². The van der Waals surface area contributed by atoms with E-state index in [1.807, 2.05) is 36.4 Å². The summed E-state index contributed by atoms with van der Waals surface area (Å²) >= 11 is 0. The number of hydrogen-bond acceptors (Lipinski definition) is 8. The summed E-state index contributed by atoms with van der Waals surface area (Å²) in [5.41, 5.74) is 1.85. The number of aromatic carboxylic acids is 2. The Labute approximate surface area is 229 Å². The first-order valence-corrected chi connectivity index (χ1v) is 11.9. The number of azo groups is 2. The Morgan fingerprint density at radius 1 is 0.575 bits per heavy atom. The molecule has 4 rings (SSSR count). The first-order valence-electron chi connectivity index (χ1n) is 11.9. The van der Waals surface area contributed by atoms with Crippen molar-refractivity contribution in [3.8, 4) is 11.5 Å². The molecule has 0 bridgehead atoms. The van der Waals surface area contributed by atoms with Gasteiger partial charge in [0.1, 0.15) is 34.3 Å². The van der Waals surface area contributed by atoms with Crippen LogP contribution in [-0.4, -0.2) is 36.4 Å². The maximum Gasteiger partial charge on any atom is 0.338 e. The smallest absolute Gasteiger partial charge is 0.338 e. The molecule has 0 saturated carbocycles. The zero-order valence-electron chi connectivity index (χ0n) is 21.6. The molecular weight excluding hydrogens is 512 g/mol. The number of carboxylic acids is 2. The number of benzene rings is 4. The van der Waals surface area contributed by atoms with Crippen LogP contribution in [0.3, 0.4) is 0 Å². The van der Waals surface area contributed by atoms with E-state index >= 15 is 0 Å². The predicted molar refractivity (Wildman–Crippen MR) is 149 cm³/mol. The van der Waals surface area contributed by atoms with Crippen molar-refractivity contribution in [1.82, 2.24) is 0 Å². The van der Waals surface area contributed by atoms with E-state index in [4.69, 9.17) is 9.47 Å². The lowest BCUT2D eigenvalue weighted by atomic mass is 10.1. The lowest BCUT2D eigenvalue weighted by Crippen LogP contribution is -1.98. The van der Waals surface area contributed by atoms with Gasteiger partial charge in [-0.1, -0.05) is 60.7 Å². The first kappa shape index (κ1) is 27.4. The number of hydrogen-bond donors (Lipinski definition) is 2. The number of nitrogens with zero attached hydrogens (tertiary/aromatic N) is 4. The Kier molecular flexibility index (Phi) is 8.73. The van der Waals surface area contributed by atoms with Gasteiger partial charge in [0.25, 0.3) is 0 Å². The van der Waals surface area contributed by atoms with Crippen molar-refractivity contribution in [2.24, 2.45) is 20.5 Å². The summed E-state index contributed by atoms with van der Waals surface area (Å²) in [5, 5.41) is 36.9. The monoisotopic (exact) mass is 536 g/mol. The highest BCUT2D eigenvalue weighted by atomic mass is 16.5. The lowest BCUT2D eigenvalue weighted by Gasteiger charge is -2.09. The van der Waals surface area contributed by atoms with Crippen LogP contribution in [0.5, 0.6) is 11.5 Å². The molecule has 10 heteroatoms. The zero-order chi connectivity index (χ0) is 28.5. The Morgan fingerprint density at radius 2 is 0.950 bits per heavy atom. The minimum Gasteiger partial charge on any atom is -0.497 e. The summed E-state index contributed by atoms with van der Waals surface area (Å²) in [5.74, 6) is -1.66. The first-order chi connectivity index (χ1) is 19.4. The van der Waals surface area contributed by atoms with Crippen LogP contribution in [0.15, 0.2) is 118 Å². The summed E-state index contributed by atoms with van der Waals surface area (Å²) in [6.07, 6.45) is 0. The second kappa shape index (κ2) is 12.7. The van der Waals surface area contributed by atoms with E-state index in [1.165, 1.54) is 38.5 Å². The standard InChI is InChI=1S/C30H24N4O6/c1-39-21-13-15-25(23(17-21)29(35)36)31-33-27(19-9-5-3-6-10-19)28(20-11-7-4-8-12-20)34-32-26-16-14-22(40-2)18-24(26)30(37)38/h3-18H,1-2H3,(H,35,36)(H,37,38). The van der Waals surface area contributed by atoms with Gasteiger partial charge in [0.2, 0.25) is 0 Å². The molecule has 0 unspecified atom stereocenters. The van der Waals surface area contributed by atoms with Crippen LogP contribution >= 0.6 is 0 Å². The van der Waals surface area contributed by atoms with Crippen LogP contribution in [0.25, 0.3) is 11.4 Å². The van der Waals surface area contributed by atoms with E-state index in [-0.39, 0.29) is 33.9 Å². The number of ether oxygens (including phenoxy) is 2. The molecule has 0 aliphatic heterocycles. The van der Waals surface area contributed by atoms with Crippen LogP contribution in [0.4, 0.5) is 11.4 Å². The molecule has 4 aromatic carbocycles. The fourth-order valence-electron chi connectivity index (χ4n) is 3.68. The van der Waals surface area contributed by atoms with Crippen LogP contribution in [0, 0.1) is 0 Å². The molecule has 0 atom stereocenters. The maximum absolute atomic E-state index is 11.9. The van der Waals surface area contributed by atoms with Gasteiger partial charge in [0.05, 0.1) is 25.3 Å². The SMILES string of the molecule is COc1ccc(N=NC(=C(N=Nc2ccc(OC)cc2C(=O)O)c2ccccc2)c2ccccc2)c(C(=O)O)c1. The van der Waals surface area contributed by atoms with E-state index < -0.39 is 11.9 Å². The molecule has 0 aliphatic carbocycles. The van der Waals surface area contributed by atoms with Crippen molar-refractivity contribution in [1.29, 1.82) is 0 Å². The Bertz CT molecular complexity index is 1500. The highest BCUT2D eigenvalue weighted by Crippen LogP contribution is 2.34. The topological polar surface area (TPSA) is 142 Å². The maximum atomic E-state index is 11.9. The predicted octanol–water partition coefficient (Wildman–Crippen LogP) is 7.49. The molecule has 0 saturated heterocycles. The normalized spacial score (nSPS) is 11.8. The molecule has 0 aliphatic rings. The van der Waals surface area contributed by atoms with Crippen molar-refractivity contribution in [2.45, 2.75) is 0 Å². The highest BCUT2D eigenvalue weighted by Gasteiger charge is 2.16. The molecule has 0 radical (unpaired) electrons. The molecule has 0 spiro atoms. The minimum atomic E-state index is -1.19. The third-order valence-electron chi connectivity index (χ3n) is 5.70. The molecule has 10 nitrogen and oxygen atoms in total. The molecule has 0 fully saturated rings. The minimum absolute atomic E-state index is 0.0947. The molecule has 0 amide bonds. The van der Waals surface area contributed by atoms with Gasteiger partial charge < -0.3 is 19.7 Å². The van der Waals surface area contributed by atoms with Crippen molar-refractivity contribution >= 4 is 34.7 Å². The second-order valence-electron chi connectivity index (χ2n) is 8.21. The number of rotatable bonds is 10. The van der Waals surface area contributed by atoms with E-state index in [1.54, 1.807) is 36.4 Å². The summed E-state index contributed by atoms with van der Waals surface area (Å²) in [6, 6.07) is 27.0. The summed E-state index contributed by atoms with van der Waals surface area (Å²) < 4.78 is 10.3. The van der Waals surface area contributed by atoms with Gasteiger partial charge in [-0.3, -0.25) is 0 Å². The molecule has 40 heavy (non-hydrogen) atoms. The Morgan fingerprint density at radius 3 is 1.27 bits per heavy atom. The van der Waals surface area contributed by atoms with Crippen molar-refractivity contribution in [3.05, 3.63) is 119 Å². The average molecular weight is 537 g/mol. The summed E-state index contributed by atoms with van der Waals surface area (Å²) in [7, 11) is 2.88. The van der Waals surface area contributed by atoms with E-state index in [0.717, 1.165) is 0 Å². The van der Waals surface area contributed by atoms with E-state index in [2.05, 4.69) is 20.5 Å². The van der Waals surface area contributed by atoms with Crippen LogP contribution in [0.2, 0.25) is 0 Å². The number of methoxy groups -OCH3 is 2. The van der Waals surface area contributed by atoms with Gasteiger partial charge in [-0.25, -0.2) is 9.59 Å². The Hall–Kier alpha value is -5.64. The molecule has 0 heterocycles. The van der Waals surface area contributed by atoms with Gasteiger partial charge in [0, 0.05) is 11.1 Å². The van der Waals surface area contributed by atoms with Gasteiger partial charge >= 0.3 is 11.9 Å². The molecule has 0 aromatic heterocycles. The molecule has 4 aromatic rings. The second-order valence-corrected chi connectivity index (χ2v) is 8.21. The fraction of sp³-hybridized carbons (Fsp3) is 0.0667. The van der Waals surface area contributed by atoms with Crippen molar-refractivity contribution in [2.75, 3.05) is 14.2 Å². The summed E-state index contributed by atoms with van der Waals surface area (Å²) in [4.78, 5) is 23.8. The van der Waals surface area contributed by atoms with Gasteiger partial charge in [-0.05, 0) is 36.4 Å². The highest BCUT2D eigenvalue weighted by molar-refractivity contribution is 5.95. The van der Waals surface area contributed by atoms with Crippen LogP contribution in [-0.2, 0) is 0 Å². The number of carboxylic acid groups (broad SMARTS) is 2. The van der Waals surface area contributed by atoms with Gasteiger partial charge in [-0.15, -0.1) is 20.5 Å². The van der Waals surface area contributed by atoms with Gasteiger partial charge in [-0.2, -0.15) is 0 Å².